The number of carbonyl (C=O) groups is 1. The fourth-order valence-corrected chi connectivity index (χ4v) is 4.26. The molecule has 0 aliphatic carbocycles. The zero-order valence-corrected chi connectivity index (χ0v) is 32.0. The van der Waals surface area contributed by atoms with Gasteiger partial charge in [-0.2, -0.15) is 112 Å². The van der Waals surface area contributed by atoms with Gasteiger partial charge in [0.2, 0.25) is 0 Å². The molecule has 0 aliphatic rings. The summed E-state index contributed by atoms with van der Waals surface area (Å²) in [6.07, 6.45) is -69.3. The van der Waals surface area contributed by atoms with E-state index in [1.807, 2.05) is 0 Å². The first-order valence-corrected chi connectivity index (χ1v) is 14.5. The number of alkyl halides is 28. The zero-order chi connectivity index (χ0) is 49.1. The number of hydrogen-bond donors (Lipinski definition) is 2. The van der Waals surface area contributed by atoms with Crippen LogP contribution in [-0.4, -0.2) is 116 Å². The van der Waals surface area contributed by atoms with E-state index in [2.05, 4.69) is 4.74 Å². The average Bonchev–Trinajstić information content (AvgIpc) is 2.98. The van der Waals surface area contributed by atoms with Crippen LogP contribution in [0.25, 0.3) is 0 Å². The number of carbonyl (C=O) groups excluding carboxylic acids is 1. The summed E-state index contributed by atoms with van der Waals surface area (Å²) in [6.45, 7) is -2.15. The minimum absolute atomic E-state index is 0. The third kappa shape index (κ3) is 17.5. The van der Waals surface area contributed by atoms with Gasteiger partial charge in [-0.05, 0) is 24.7 Å². The van der Waals surface area contributed by atoms with Gasteiger partial charge in [-0.3, -0.25) is 4.79 Å². The molecule has 0 amide bonds. The monoisotopic (exact) mass is 976 g/mol. The maximum absolute atomic E-state index is 13.8. The molecule has 0 fully saturated rings. The van der Waals surface area contributed by atoms with Gasteiger partial charge in [-0.15, -0.1) is 0 Å². The van der Waals surface area contributed by atoms with Gasteiger partial charge in [0.1, 0.15) is 0 Å². The van der Waals surface area contributed by atoms with Crippen molar-refractivity contribution in [1.29, 1.82) is 0 Å². The second-order valence-electron chi connectivity index (χ2n) is 11.4. The second kappa shape index (κ2) is 23.4. The molecule has 0 radical (unpaired) electrons. The van der Waals surface area contributed by atoms with E-state index >= 15 is 0 Å². The number of rotatable bonds is 13. The van der Waals surface area contributed by atoms with Gasteiger partial charge in [-0.1, -0.05) is 0 Å². The summed E-state index contributed by atoms with van der Waals surface area (Å²) in [7, 11) is 1.75. The van der Waals surface area contributed by atoms with Crippen LogP contribution in [0.4, 0.5) is 123 Å². The van der Waals surface area contributed by atoms with Gasteiger partial charge >= 0.3 is 84.9 Å². The van der Waals surface area contributed by atoms with Crippen molar-refractivity contribution in [3.8, 4) is 0 Å². The Morgan fingerprint density at radius 3 is 0.733 bits per heavy atom. The molecule has 0 unspecified atom stereocenters. The van der Waals surface area contributed by atoms with E-state index in [0.29, 0.717) is 6.92 Å². The predicted octanol–water partition coefficient (Wildman–Crippen LogP) is 7.02. The summed E-state index contributed by atoms with van der Waals surface area (Å²) in [4.78, 5) is 10.5. The largest absolute Gasteiger partial charge is 1.00 e. The molecule has 2 N–H and O–H groups in total. The second-order valence-corrected chi connectivity index (χ2v) is 11.4. The van der Waals surface area contributed by atoms with E-state index in [1.165, 1.54) is 0 Å². The third-order valence-corrected chi connectivity index (χ3v) is 7.24. The molecule has 0 aromatic carbocycles. The van der Waals surface area contributed by atoms with Crippen molar-refractivity contribution in [3.63, 3.8) is 0 Å². The van der Waals surface area contributed by atoms with E-state index in [4.69, 9.17) is 15.3 Å². The summed E-state index contributed by atoms with van der Waals surface area (Å²) >= 11 is 0. The van der Waals surface area contributed by atoms with E-state index in [9.17, 15) is 128 Å². The summed E-state index contributed by atoms with van der Waals surface area (Å²) in [5.41, 5.74) is -24.9. The van der Waals surface area contributed by atoms with Crippen molar-refractivity contribution < 1.29 is 177 Å². The molecule has 5 nitrogen and oxygen atoms in total. The Bertz CT molecular complexity index is 1080. The summed E-state index contributed by atoms with van der Waals surface area (Å²) in [5, 5.41) is 23.7. The molecule has 0 saturated heterocycles. The van der Waals surface area contributed by atoms with Crippen LogP contribution in [-0.2, 0) is 9.53 Å². The van der Waals surface area contributed by atoms with Gasteiger partial charge in [0.15, 0.2) is 0 Å². The average molecular weight is 976 g/mol. The van der Waals surface area contributed by atoms with E-state index < -0.39 is 142 Å². The van der Waals surface area contributed by atoms with E-state index in [-0.39, 0.29) is 29.6 Å². The van der Waals surface area contributed by atoms with Crippen molar-refractivity contribution >= 4 is 5.97 Å². The number of ether oxygens (including phenoxy) is 1. The van der Waals surface area contributed by atoms with Crippen LogP contribution in [0, 0.1) is 11.8 Å². The van der Waals surface area contributed by atoms with Gasteiger partial charge < -0.3 is 20.1 Å². The standard InChI is InChI=1S/C13H12F14O2.C11H10F14O.CH4O.CH3O.Na/c1-6(28)29-3-2-7(4-8(14,10(16,17)18)11(19,20)21)5-9(15,12(22,23)24)13(25,26)27;12-6(8(14,15)16,9(17,18)19)3-5(1-2-26)4-7(13,10(20,21)22)11(23,24)25;2*1-2;/h7H,2-5H2,1H3;5,26H,1-4H2;2H,1H3;1H3;/q;;;-1;+1. The first-order valence-electron chi connectivity index (χ1n) is 14.5. The van der Waals surface area contributed by atoms with E-state index in [0.717, 1.165) is 14.2 Å². The normalized spacial score (nSPS) is 14.3. The maximum Gasteiger partial charge on any atom is 1.00 e. The fourth-order valence-electron chi connectivity index (χ4n) is 4.26. The Morgan fingerprint density at radius 1 is 0.433 bits per heavy atom. The topological polar surface area (TPSA) is 89.8 Å². The molecule has 0 atom stereocenters. The molecule has 0 heterocycles. The number of halogens is 28. The molecule has 0 aromatic heterocycles. The Balaban J connectivity index is -0.000000307. The minimum atomic E-state index is -6.79. The quantitative estimate of drug-likeness (QED) is 0.118. The first-order chi connectivity index (χ1) is 25.6. The van der Waals surface area contributed by atoms with Gasteiger partial charge in [0.25, 0.3) is 22.7 Å². The molecule has 34 heteroatoms. The first kappa shape index (κ1) is 67.5. The molecule has 0 rings (SSSR count). The molecular weight excluding hydrogens is 947 g/mol. The van der Waals surface area contributed by atoms with Crippen LogP contribution in [0.1, 0.15) is 45.4 Å². The minimum Gasteiger partial charge on any atom is -0.857 e. The van der Waals surface area contributed by atoms with Crippen molar-refractivity contribution in [2.24, 2.45) is 11.8 Å². The van der Waals surface area contributed by atoms with Crippen molar-refractivity contribution in [1.82, 2.24) is 0 Å². The predicted molar refractivity (Wildman–Crippen MR) is 136 cm³/mol. The molecule has 0 bridgehead atoms. The van der Waals surface area contributed by atoms with Crippen molar-refractivity contribution in [2.45, 2.75) is 118 Å². The molecule has 360 valence electrons. The van der Waals surface area contributed by atoms with Gasteiger partial charge in [0.05, 0.1) is 6.61 Å². The Labute approximate surface area is 340 Å². The van der Waals surface area contributed by atoms with Crippen LogP contribution in [0.3, 0.4) is 0 Å². The van der Waals surface area contributed by atoms with E-state index in [1.54, 1.807) is 0 Å². The summed E-state index contributed by atoms with van der Waals surface area (Å²) in [6, 6.07) is 0. The number of aliphatic hydroxyl groups is 2. The van der Waals surface area contributed by atoms with Crippen molar-refractivity contribution in [3.05, 3.63) is 0 Å². The maximum atomic E-state index is 13.8. The molecule has 0 aromatic rings. The Hall–Kier alpha value is -1.61. The number of hydrogen-bond acceptors (Lipinski definition) is 5. The van der Waals surface area contributed by atoms with Crippen LogP contribution >= 0.6 is 0 Å². The molecule has 60 heavy (non-hydrogen) atoms. The van der Waals surface area contributed by atoms with Gasteiger partial charge in [0, 0.05) is 46.3 Å². The molecule has 0 aliphatic heterocycles. The summed E-state index contributed by atoms with van der Waals surface area (Å²) < 4.78 is 359. The van der Waals surface area contributed by atoms with Crippen LogP contribution in [0.5, 0.6) is 0 Å². The number of esters is 1. The molecular formula is C26H29F28NaO5. The Kier molecular flexibility index (Phi) is 26.3. The SMILES string of the molecule is CC(=O)OCCC(CC(F)(C(F)(F)F)C(F)(F)F)CC(F)(C(F)(F)F)C(F)(F)F.CO.C[O-].OCCC(CC(F)(C(F)(F)F)C(F)(F)F)CC(F)(C(F)(F)F)C(F)(F)F.[Na+]. The van der Waals surface area contributed by atoms with Crippen molar-refractivity contribution in [2.75, 3.05) is 27.4 Å². The molecule has 0 saturated carbocycles. The summed E-state index contributed by atoms with van der Waals surface area (Å²) in [5.74, 6) is -7.47. The number of aliphatic hydroxyl groups excluding tert-OH is 2. The van der Waals surface area contributed by atoms with Crippen LogP contribution in [0.2, 0.25) is 0 Å². The van der Waals surface area contributed by atoms with Crippen LogP contribution < -0.4 is 34.7 Å². The Morgan fingerprint density at radius 2 is 0.600 bits per heavy atom. The zero-order valence-electron chi connectivity index (χ0n) is 30.0. The van der Waals surface area contributed by atoms with Gasteiger partial charge in [-0.25, -0.2) is 17.6 Å². The smallest absolute Gasteiger partial charge is 0.857 e. The van der Waals surface area contributed by atoms with Crippen LogP contribution in [0.15, 0.2) is 0 Å². The fraction of sp³-hybridized carbons (Fsp3) is 0.962. The third-order valence-electron chi connectivity index (χ3n) is 7.24. The molecule has 0 spiro atoms.